The standard InChI is InChI=1S/C49H36N2/c50-46(38-24-21-33-11-4-5-12-36(33)26-38)29-47(35-22-19-34(20-23-35)32-9-2-1-3-10-32)51-30-31-17-18-37-27-39-28-45-41-14-7-6-13-40(41)42-15-8-16-43(49(42)45)48(39)44(37)25-31/h1-26,28-29,46,51H,27,30,50H2/b47-29-. The molecule has 2 nitrogen and oxygen atoms in total. The molecule has 3 N–H and O–H groups in total. The van der Waals surface area contributed by atoms with Crippen LogP contribution in [0.2, 0.25) is 0 Å². The fourth-order valence-corrected chi connectivity index (χ4v) is 8.33. The highest BCUT2D eigenvalue weighted by atomic mass is 14.9. The maximum Gasteiger partial charge on any atom is 0.0504 e. The van der Waals surface area contributed by atoms with Crippen LogP contribution in [0.1, 0.15) is 33.9 Å². The molecule has 8 aromatic rings. The molecule has 2 aliphatic rings. The largest absolute Gasteiger partial charge is 0.381 e. The molecule has 1 atom stereocenters. The molecule has 242 valence electrons. The number of nitrogens with two attached hydrogens (primary N) is 1. The average Bonchev–Trinajstić information content (AvgIpc) is 3.73. The topological polar surface area (TPSA) is 38.0 Å². The Hall–Kier alpha value is -6.22. The van der Waals surface area contributed by atoms with E-state index in [9.17, 15) is 0 Å². The van der Waals surface area contributed by atoms with E-state index in [2.05, 4.69) is 175 Å². The molecule has 1 unspecified atom stereocenters. The predicted octanol–water partition coefficient (Wildman–Crippen LogP) is 11.7. The van der Waals surface area contributed by atoms with E-state index in [1.807, 2.05) is 0 Å². The zero-order valence-corrected chi connectivity index (χ0v) is 28.2. The van der Waals surface area contributed by atoms with Crippen LogP contribution >= 0.6 is 0 Å². The van der Waals surface area contributed by atoms with Crippen molar-refractivity contribution in [1.29, 1.82) is 0 Å². The first-order valence-electron chi connectivity index (χ1n) is 17.8. The Bertz CT molecular complexity index is 2670. The lowest BCUT2D eigenvalue weighted by Crippen LogP contribution is -2.16. The fourth-order valence-electron chi connectivity index (χ4n) is 8.33. The van der Waals surface area contributed by atoms with Crippen LogP contribution < -0.4 is 11.1 Å². The quantitative estimate of drug-likeness (QED) is 0.180. The molecule has 0 amide bonds. The molecule has 0 aliphatic heterocycles. The second-order valence-corrected chi connectivity index (χ2v) is 13.9. The highest BCUT2D eigenvalue weighted by Gasteiger charge is 2.28. The van der Waals surface area contributed by atoms with Crippen LogP contribution in [0.3, 0.4) is 0 Å². The molecular weight excluding hydrogens is 617 g/mol. The van der Waals surface area contributed by atoms with Gasteiger partial charge in [-0.3, -0.25) is 0 Å². The van der Waals surface area contributed by atoms with Gasteiger partial charge in [-0.15, -0.1) is 0 Å². The lowest BCUT2D eigenvalue weighted by Gasteiger charge is -2.17. The molecule has 0 saturated carbocycles. The number of hydrogen-bond donors (Lipinski definition) is 2. The summed E-state index contributed by atoms with van der Waals surface area (Å²) in [6, 6.07) is 59.2. The third-order valence-corrected chi connectivity index (χ3v) is 10.9. The molecule has 8 aromatic carbocycles. The van der Waals surface area contributed by atoms with Crippen molar-refractivity contribution in [2.24, 2.45) is 5.73 Å². The maximum atomic E-state index is 6.94. The normalized spacial score (nSPS) is 13.2. The second-order valence-electron chi connectivity index (χ2n) is 13.9. The van der Waals surface area contributed by atoms with Gasteiger partial charge >= 0.3 is 0 Å². The van der Waals surface area contributed by atoms with E-state index >= 15 is 0 Å². The summed E-state index contributed by atoms with van der Waals surface area (Å²) in [5.41, 5.74) is 24.8. The minimum Gasteiger partial charge on any atom is -0.381 e. The molecule has 2 heteroatoms. The van der Waals surface area contributed by atoms with Gasteiger partial charge in [0.25, 0.3) is 0 Å². The van der Waals surface area contributed by atoms with Crippen LogP contribution in [-0.2, 0) is 13.0 Å². The molecule has 0 heterocycles. The van der Waals surface area contributed by atoms with Crippen LogP contribution in [0, 0.1) is 0 Å². The van der Waals surface area contributed by atoms with Crippen molar-refractivity contribution in [3.8, 4) is 44.5 Å². The lowest BCUT2D eigenvalue weighted by atomic mass is 9.93. The number of nitrogens with one attached hydrogen (secondary N) is 1. The third kappa shape index (κ3) is 5.07. The summed E-state index contributed by atoms with van der Waals surface area (Å²) in [5.74, 6) is 0. The lowest BCUT2D eigenvalue weighted by molar-refractivity contribution is 0.858. The first kappa shape index (κ1) is 29.7. The Morgan fingerprint density at radius 1 is 0.569 bits per heavy atom. The van der Waals surface area contributed by atoms with Gasteiger partial charge < -0.3 is 11.1 Å². The van der Waals surface area contributed by atoms with E-state index in [-0.39, 0.29) is 6.04 Å². The van der Waals surface area contributed by atoms with Crippen LogP contribution in [0.25, 0.3) is 71.7 Å². The summed E-state index contributed by atoms with van der Waals surface area (Å²) in [5, 5.41) is 8.99. The van der Waals surface area contributed by atoms with Crippen molar-refractivity contribution >= 4 is 27.2 Å². The number of hydrogen-bond acceptors (Lipinski definition) is 2. The predicted molar refractivity (Wildman–Crippen MR) is 214 cm³/mol. The molecule has 10 rings (SSSR count). The zero-order valence-electron chi connectivity index (χ0n) is 28.2. The van der Waals surface area contributed by atoms with E-state index in [1.165, 1.54) is 82.7 Å². The van der Waals surface area contributed by atoms with Gasteiger partial charge in [0, 0.05) is 12.2 Å². The third-order valence-electron chi connectivity index (χ3n) is 10.9. The van der Waals surface area contributed by atoms with Gasteiger partial charge in [0.05, 0.1) is 6.04 Å². The van der Waals surface area contributed by atoms with Crippen LogP contribution in [0.15, 0.2) is 170 Å². The van der Waals surface area contributed by atoms with Gasteiger partial charge in [0.2, 0.25) is 0 Å². The Morgan fingerprint density at radius 3 is 2.14 bits per heavy atom. The molecule has 0 fully saturated rings. The van der Waals surface area contributed by atoms with Crippen molar-refractivity contribution in [3.05, 3.63) is 198 Å². The van der Waals surface area contributed by atoms with Gasteiger partial charge in [-0.2, -0.15) is 0 Å². The summed E-state index contributed by atoms with van der Waals surface area (Å²) in [6.07, 6.45) is 3.14. The Kier molecular flexibility index (Phi) is 6.97. The first-order chi connectivity index (χ1) is 25.2. The Labute approximate surface area is 298 Å². The Morgan fingerprint density at radius 2 is 1.29 bits per heavy atom. The van der Waals surface area contributed by atoms with Gasteiger partial charge in [-0.25, -0.2) is 0 Å². The van der Waals surface area contributed by atoms with Crippen LogP contribution in [0.5, 0.6) is 0 Å². The van der Waals surface area contributed by atoms with Gasteiger partial charge in [-0.05, 0) is 125 Å². The second kappa shape index (κ2) is 12.0. The fraction of sp³-hybridized carbons (Fsp3) is 0.0612. The highest BCUT2D eigenvalue weighted by Crippen LogP contribution is 2.52. The smallest absolute Gasteiger partial charge is 0.0504 e. The highest BCUT2D eigenvalue weighted by molar-refractivity contribution is 6.20. The molecule has 0 spiro atoms. The van der Waals surface area contributed by atoms with Crippen molar-refractivity contribution in [3.63, 3.8) is 0 Å². The summed E-state index contributed by atoms with van der Waals surface area (Å²) in [4.78, 5) is 0. The van der Waals surface area contributed by atoms with E-state index in [4.69, 9.17) is 5.73 Å². The minimum absolute atomic E-state index is 0.272. The molecule has 0 saturated heterocycles. The number of benzene rings is 8. The van der Waals surface area contributed by atoms with Crippen LogP contribution in [0.4, 0.5) is 0 Å². The summed E-state index contributed by atoms with van der Waals surface area (Å²) >= 11 is 0. The monoisotopic (exact) mass is 652 g/mol. The van der Waals surface area contributed by atoms with E-state index in [0.717, 1.165) is 23.2 Å². The zero-order chi connectivity index (χ0) is 33.9. The number of rotatable bonds is 7. The van der Waals surface area contributed by atoms with E-state index in [1.54, 1.807) is 0 Å². The van der Waals surface area contributed by atoms with Crippen molar-refractivity contribution < 1.29 is 0 Å². The molecule has 0 bridgehead atoms. The Balaban J connectivity index is 1.000. The summed E-state index contributed by atoms with van der Waals surface area (Å²) in [6.45, 7) is 0.687. The summed E-state index contributed by atoms with van der Waals surface area (Å²) in [7, 11) is 0. The minimum atomic E-state index is -0.272. The van der Waals surface area contributed by atoms with Crippen molar-refractivity contribution in [2.45, 2.75) is 19.0 Å². The molecular formula is C49H36N2. The number of fused-ring (bicyclic) bond motifs is 8. The van der Waals surface area contributed by atoms with Gasteiger partial charge in [-0.1, -0.05) is 146 Å². The molecule has 0 aromatic heterocycles. The van der Waals surface area contributed by atoms with Gasteiger partial charge in [0.1, 0.15) is 0 Å². The SMILES string of the molecule is NC(/C=C(\NCc1ccc2c(c1)-c1c(cc3c4c(cccc14)-c1ccccc1-3)C2)c1ccc(-c2ccccc2)cc1)c1ccc2ccccc2c1. The molecule has 2 aliphatic carbocycles. The molecule has 0 radical (unpaired) electrons. The molecule has 51 heavy (non-hydrogen) atoms. The van der Waals surface area contributed by atoms with E-state index in [0.29, 0.717) is 6.54 Å². The average molecular weight is 653 g/mol. The summed E-state index contributed by atoms with van der Waals surface area (Å²) < 4.78 is 0. The van der Waals surface area contributed by atoms with Crippen molar-refractivity contribution in [2.75, 3.05) is 0 Å². The van der Waals surface area contributed by atoms with Crippen LogP contribution in [-0.4, -0.2) is 0 Å². The van der Waals surface area contributed by atoms with Gasteiger partial charge in [0.15, 0.2) is 0 Å². The van der Waals surface area contributed by atoms with E-state index < -0.39 is 0 Å². The van der Waals surface area contributed by atoms with Crippen molar-refractivity contribution in [1.82, 2.24) is 5.32 Å². The maximum absolute atomic E-state index is 6.94. The first-order valence-corrected chi connectivity index (χ1v) is 17.8.